The summed E-state index contributed by atoms with van der Waals surface area (Å²) in [7, 11) is 0. The highest BCUT2D eigenvalue weighted by Gasteiger charge is 2.72. The van der Waals surface area contributed by atoms with Gasteiger partial charge in [0.25, 0.3) is 0 Å². The van der Waals surface area contributed by atoms with E-state index in [4.69, 9.17) is 10.5 Å². The zero-order valence-corrected chi connectivity index (χ0v) is 20.9. The molecule has 1 atom stereocenters. The first-order valence-corrected chi connectivity index (χ1v) is 12.0. The van der Waals surface area contributed by atoms with E-state index >= 15 is 0 Å². The minimum absolute atomic E-state index is 0.0155. The third kappa shape index (κ3) is 5.40. The van der Waals surface area contributed by atoms with E-state index in [0.717, 1.165) is 29.8 Å². The van der Waals surface area contributed by atoms with Crippen LogP contribution in [0.2, 0.25) is 0 Å². The number of rotatable bonds is 7. The van der Waals surface area contributed by atoms with Crippen molar-refractivity contribution in [3.8, 4) is 17.2 Å². The highest BCUT2D eigenvalue weighted by molar-refractivity contribution is 6.09. The average Bonchev–Trinajstić information content (AvgIpc) is 2.89. The van der Waals surface area contributed by atoms with Gasteiger partial charge in [0.05, 0.1) is 0 Å². The van der Waals surface area contributed by atoms with E-state index in [-0.39, 0.29) is 23.3 Å². The molecule has 4 aromatic carbocycles. The summed E-state index contributed by atoms with van der Waals surface area (Å²) in [6.07, 6.45) is -11.5. The van der Waals surface area contributed by atoms with E-state index in [1.165, 1.54) is 24.3 Å². The van der Waals surface area contributed by atoms with E-state index in [0.29, 0.717) is 35.4 Å². The molecule has 40 heavy (non-hydrogen) atoms. The van der Waals surface area contributed by atoms with Crippen molar-refractivity contribution in [2.75, 3.05) is 0 Å². The number of halogens is 6. The quantitative estimate of drug-likeness (QED) is 0.179. The summed E-state index contributed by atoms with van der Waals surface area (Å²) in [6.45, 7) is 1.82. The van der Waals surface area contributed by atoms with Crippen molar-refractivity contribution in [3.63, 3.8) is 0 Å². The van der Waals surface area contributed by atoms with Gasteiger partial charge in [-0.2, -0.15) is 26.3 Å². The van der Waals surface area contributed by atoms with Gasteiger partial charge in [-0.05, 0) is 72.1 Å². The predicted molar refractivity (Wildman–Crippen MR) is 136 cm³/mol. The smallest absolute Gasteiger partial charge is 0.411 e. The van der Waals surface area contributed by atoms with E-state index in [1.807, 2.05) is 6.92 Å². The molecule has 0 fully saturated rings. The molecule has 4 rings (SSSR count). The number of carbonyl (C=O) groups excluding carboxylic acids is 1. The largest absolute Gasteiger partial charge is 0.508 e. The highest BCUT2D eigenvalue weighted by atomic mass is 19.4. The lowest BCUT2D eigenvalue weighted by Crippen LogP contribution is -2.54. The summed E-state index contributed by atoms with van der Waals surface area (Å²) < 4.78 is 90.9. The first kappa shape index (κ1) is 28.7. The Balaban J connectivity index is 1.59. The fourth-order valence-electron chi connectivity index (χ4n) is 4.38. The summed E-state index contributed by atoms with van der Waals surface area (Å²) in [6, 6.07) is 18.7. The second-order valence-corrected chi connectivity index (χ2v) is 9.18. The molecule has 4 nitrogen and oxygen atoms in total. The van der Waals surface area contributed by atoms with Gasteiger partial charge in [0, 0.05) is 17.2 Å². The molecule has 208 valence electrons. The normalized spacial score (nSPS) is 13.1. The molecule has 10 heteroatoms. The van der Waals surface area contributed by atoms with Crippen molar-refractivity contribution < 1.29 is 41.0 Å². The molecule has 0 bridgehead atoms. The van der Waals surface area contributed by atoms with Crippen LogP contribution < -0.4 is 10.5 Å². The predicted octanol–water partition coefficient (Wildman–Crippen LogP) is 7.85. The van der Waals surface area contributed by atoms with Crippen molar-refractivity contribution in [1.82, 2.24) is 0 Å². The Bertz CT molecular complexity index is 1450. The van der Waals surface area contributed by atoms with Crippen LogP contribution in [0.1, 0.15) is 45.6 Å². The third-order valence-corrected chi connectivity index (χ3v) is 6.49. The fraction of sp³-hybridized carbons (Fsp3) is 0.167. The molecule has 0 aliphatic rings. The number of nitrogens with two attached hydrogens (primary N) is 1. The van der Waals surface area contributed by atoms with E-state index in [9.17, 15) is 36.2 Å². The number of phenolic OH excluding ortho intramolecular Hbond substituents is 1. The molecule has 0 aliphatic carbocycles. The Morgan fingerprint density at radius 2 is 1.05 bits per heavy atom. The second kappa shape index (κ2) is 10.7. The van der Waals surface area contributed by atoms with Gasteiger partial charge in [0.1, 0.15) is 17.2 Å². The summed E-state index contributed by atoms with van der Waals surface area (Å²) >= 11 is 0. The average molecular weight is 560 g/mol. The first-order chi connectivity index (χ1) is 18.7. The maximum atomic E-state index is 14.2. The van der Waals surface area contributed by atoms with Crippen LogP contribution >= 0.6 is 0 Å². The summed E-state index contributed by atoms with van der Waals surface area (Å²) in [5.41, 5.74) is 0.994. The molecule has 0 saturated heterocycles. The van der Waals surface area contributed by atoms with Crippen LogP contribution in [0.25, 0.3) is 0 Å². The van der Waals surface area contributed by atoms with Gasteiger partial charge in [0.2, 0.25) is 5.41 Å². The number of carbonyl (C=O) groups is 1. The number of aromatic hydroxyl groups is 1. The van der Waals surface area contributed by atoms with Gasteiger partial charge < -0.3 is 15.6 Å². The molecule has 0 aromatic heterocycles. The number of hydrogen-bond acceptors (Lipinski definition) is 4. The van der Waals surface area contributed by atoms with Gasteiger partial charge in [-0.25, -0.2) is 0 Å². The van der Waals surface area contributed by atoms with Gasteiger partial charge in [-0.15, -0.1) is 0 Å². The molecule has 3 N–H and O–H groups in total. The van der Waals surface area contributed by atoms with Crippen LogP contribution in [0.4, 0.5) is 26.3 Å². The minimum atomic E-state index is -5.75. The molecule has 0 aliphatic heterocycles. The minimum Gasteiger partial charge on any atom is -0.508 e. The van der Waals surface area contributed by atoms with Crippen LogP contribution in [0.3, 0.4) is 0 Å². The highest BCUT2D eigenvalue weighted by Crippen LogP contribution is 2.56. The number of alkyl halides is 6. The Hall–Kier alpha value is -4.31. The second-order valence-electron chi connectivity index (χ2n) is 9.18. The SMILES string of the molecule is CC(N)c1ccc(C(=O)c2ccc(Oc3ccc(C(c4ccc(O)cc4)(C(F)(F)F)C(F)(F)F)cc3)cc2)cc1. The van der Waals surface area contributed by atoms with Gasteiger partial charge in [-0.3, -0.25) is 4.79 Å². The van der Waals surface area contributed by atoms with Crippen LogP contribution in [0.15, 0.2) is 97.1 Å². The molecule has 0 saturated carbocycles. The van der Waals surface area contributed by atoms with Crippen LogP contribution in [0.5, 0.6) is 17.2 Å². The molecular formula is C30H23F6NO3. The third-order valence-electron chi connectivity index (χ3n) is 6.49. The number of ketones is 1. The lowest BCUT2D eigenvalue weighted by molar-refractivity contribution is -0.288. The monoisotopic (exact) mass is 559 g/mol. The van der Waals surface area contributed by atoms with E-state index in [1.54, 1.807) is 24.3 Å². The summed E-state index contributed by atoms with van der Waals surface area (Å²) in [5, 5.41) is 9.41. The summed E-state index contributed by atoms with van der Waals surface area (Å²) in [4.78, 5) is 12.8. The molecule has 0 radical (unpaired) electrons. The lowest BCUT2D eigenvalue weighted by atomic mass is 9.73. The standard InChI is InChI=1S/C30H23F6NO3/c1-18(37)19-2-4-20(5-3-19)27(39)21-6-14-25(15-7-21)40-26-16-10-23(11-17-26)28(29(31,32)33,30(34,35)36)22-8-12-24(38)13-9-22/h2-18,38H,37H2,1H3. The Morgan fingerprint density at radius 3 is 1.45 bits per heavy atom. The zero-order valence-electron chi connectivity index (χ0n) is 20.9. The number of benzene rings is 4. The Kier molecular flexibility index (Phi) is 7.67. The first-order valence-electron chi connectivity index (χ1n) is 12.0. The van der Waals surface area contributed by atoms with Crippen LogP contribution in [-0.2, 0) is 5.41 Å². The van der Waals surface area contributed by atoms with Crippen LogP contribution in [-0.4, -0.2) is 23.2 Å². The van der Waals surface area contributed by atoms with Crippen molar-refractivity contribution in [3.05, 3.63) is 125 Å². The molecule has 4 aromatic rings. The number of phenols is 1. The maximum Gasteiger partial charge on any atom is 0.411 e. The van der Waals surface area contributed by atoms with Gasteiger partial charge in [0.15, 0.2) is 5.78 Å². The number of hydrogen-bond donors (Lipinski definition) is 2. The van der Waals surface area contributed by atoms with Crippen molar-refractivity contribution >= 4 is 5.78 Å². The zero-order chi connectivity index (χ0) is 29.3. The van der Waals surface area contributed by atoms with Crippen LogP contribution in [0, 0.1) is 0 Å². The number of ether oxygens (including phenoxy) is 1. The maximum absolute atomic E-state index is 14.2. The van der Waals surface area contributed by atoms with Crippen molar-refractivity contribution in [1.29, 1.82) is 0 Å². The Morgan fingerprint density at radius 1 is 0.675 bits per heavy atom. The van der Waals surface area contributed by atoms with Crippen molar-refractivity contribution in [2.45, 2.75) is 30.7 Å². The summed E-state index contributed by atoms with van der Waals surface area (Å²) in [5.74, 6) is -0.527. The molecular weight excluding hydrogens is 536 g/mol. The lowest BCUT2D eigenvalue weighted by Gasteiger charge is -2.38. The molecule has 0 spiro atoms. The Labute approximate surface area is 225 Å². The van der Waals surface area contributed by atoms with E-state index in [2.05, 4.69) is 0 Å². The van der Waals surface area contributed by atoms with Gasteiger partial charge in [-0.1, -0.05) is 48.5 Å². The van der Waals surface area contributed by atoms with Crippen molar-refractivity contribution in [2.24, 2.45) is 5.73 Å². The molecule has 0 heterocycles. The van der Waals surface area contributed by atoms with Gasteiger partial charge >= 0.3 is 12.4 Å². The van der Waals surface area contributed by atoms with E-state index < -0.39 is 34.6 Å². The molecule has 0 amide bonds. The fourth-order valence-corrected chi connectivity index (χ4v) is 4.38. The molecule has 1 unspecified atom stereocenters. The topological polar surface area (TPSA) is 72.6 Å².